The molecule has 4 nitrogen and oxygen atoms in total. The number of rotatable bonds is 3. The second-order valence-corrected chi connectivity index (χ2v) is 8.28. The molecule has 0 bridgehead atoms. The van der Waals surface area contributed by atoms with E-state index in [1.807, 2.05) is 12.1 Å². The second kappa shape index (κ2) is 6.96. The summed E-state index contributed by atoms with van der Waals surface area (Å²) in [6, 6.07) is 12.8. The third kappa shape index (κ3) is 3.16. The van der Waals surface area contributed by atoms with E-state index in [9.17, 15) is 4.79 Å². The van der Waals surface area contributed by atoms with Crippen molar-refractivity contribution in [3.63, 3.8) is 0 Å². The van der Waals surface area contributed by atoms with Crippen LogP contribution in [0.2, 0.25) is 0 Å². The first kappa shape index (κ1) is 16.3. The molecule has 1 amide bonds. The lowest BCUT2D eigenvalue weighted by molar-refractivity contribution is -0.134. The average Bonchev–Trinajstić information content (AvgIpc) is 3.33. The predicted octanol–water partition coefficient (Wildman–Crippen LogP) is 3.78. The molecule has 24 heavy (non-hydrogen) atoms. The Labute approximate surface area is 154 Å². The van der Waals surface area contributed by atoms with Crippen LogP contribution in [0.1, 0.15) is 41.8 Å². The number of nitrogens with one attached hydrogen (secondary N) is 2. The number of halogens is 1. The maximum absolute atomic E-state index is 13.0. The van der Waals surface area contributed by atoms with Gasteiger partial charge in [0.1, 0.15) is 6.04 Å². The molecule has 3 heterocycles. The molecule has 0 spiro atoms. The molecule has 2 aliphatic heterocycles. The summed E-state index contributed by atoms with van der Waals surface area (Å²) in [7, 11) is 0. The van der Waals surface area contributed by atoms with Crippen molar-refractivity contribution >= 4 is 33.2 Å². The molecule has 2 N–H and O–H groups in total. The van der Waals surface area contributed by atoms with Gasteiger partial charge in [-0.3, -0.25) is 4.79 Å². The monoisotopic (exact) mass is 405 g/mol. The summed E-state index contributed by atoms with van der Waals surface area (Å²) in [4.78, 5) is 16.4. The van der Waals surface area contributed by atoms with E-state index in [0.717, 1.165) is 30.3 Å². The van der Waals surface area contributed by atoms with Crippen LogP contribution >= 0.6 is 27.3 Å². The van der Waals surface area contributed by atoms with Gasteiger partial charge in [0.05, 0.1) is 12.1 Å². The van der Waals surface area contributed by atoms with Crippen LogP contribution in [-0.4, -0.2) is 23.4 Å². The molecule has 4 rings (SSSR count). The van der Waals surface area contributed by atoms with Crippen molar-refractivity contribution in [2.24, 2.45) is 0 Å². The molecular formula is C18H20BrN3OS. The van der Waals surface area contributed by atoms with Crippen LogP contribution in [0.3, 0.4) is 0 Å². The van der Waals surface area contributed by atoms with E-state index in [1.54, 1.807) is 11.3 Å². The van der Waals surface area contributed by atoms with Crippen LogP contribution in [0.25, 0.3) is 0 Å². The molecule has 3 atom stereocenters. The van der Waals surface area contributed by atoms with Crippen LogP contribution in [0.5, 0.6) is 0 Å². The first-order chi connectivity index (χ1) is 11.7. The molecule has 2 aromatic rings. The maximum Gasteiger partial charge on any atom is 0.241 e. The lowest BCUT2D eigenvalue weighted by Gasteiger charge is -2.27. The number of amides is 1. The number of thiophene rings is 1. The van der Waals surface area contributed by atoms with Gasteiger partial charge in [0.2, 0.25) is 5.91 Å². The van der Waals surface area contributed by atoms with E-state index < -0.39 is 0 Å². The predicted molar refractivity (Wildman–Crippen MR) is 99.6 cm³/mol. The minimum atomic E-state index is -0.148. The van der Waals surface area contributed by atoms with E-state index in [0.29, 0.717) is 0 Å². The number of hydrogen-bond acceptors (Lipinski definition) is 4. The van der Waals surface area contributed by atoms with Gasteiger partial charge in [0.25, 0.3) is 0 Å². The Kier molecular flexibility index (Phi) is 4.72. The van der Waals surface area contributed by atoms with E-state index in [1.165, 1.54) is 10.4 Å². The first-order valence-electron chi connectivity index (χ1n) is 8.33. The minimum absolute atomic E-state index is 0.148. The minimum Gasteiger partial charge on any atom is -0.334 e. The van der Waals surface area contributed by atoms with Gasteiger partial charge in [-0.05, 0) is 48.4 Å². The van der Waals surface area contributed by atoms with Crippen LogP contribution in [0.4, 0.5) is 0 Å². The second-order valence-electron chi connectivity index (χ2n) is 6.39. The number of hydrazine groups is 1. The Morgan fingerprint density at radius 1 is 1.25 bits per heavy atom. The third-order valence-corrected chi connectivity index (χ3v) is 6.34. The van der Waals surface area contributed by atoms with Crippen LogP contribution < -0.4 is 10.9 Å². The van der Waals surface area contributed by atoms with Gasteiger partial charge in [0, 0.05) is 15.9 Å². The van der Waals surface area contributed by atoms with Gasteiger partial charge in [0.15, 0.2) is 0 Å². The van der Waals surface area contributed by atoms with Gasteiger partial charge < -0.3 is 4.90 Å². The zero-order valence-corrected chi connectivity index (χ0v) is 15.6. The summed E-state index contributed by atoms with van der Waals surface area (Å²) in [5, 5.41) is 2.08. The van der Waals surface area contributed by atoms with E-state index in [2.05, 4.69) is 61.3 Å². The number of carbonyl (C=O) groups excluding carboxylic acids is 1. The van der Waals surface area contributed by atoms with Gasteiger partial charge in [-0.15, -0.1) is 11.3 Å². The molecule has 3 unspecified atom stereocenters. The van der Waals surface area contributed by atoms with Crippen molar-refractivity contribution in [3.8, 4) is 0 Å². The van der Waals surface area contributed by atoms with Crippen molar-refractivity contribution in [2.45, 2.75) is 37.4 Å². The molecule has 0 saturated carbocycles. The highest BCUT2D eigenvalue weighted by atomic mass is 79.9. The van der Waals surface area contributed by atoms with Gasteiger partial charge in [-0.2, -0.15) is 0 Å². The zero-order valence-electron chi connectivity index (χ0n) is 13.2. The Balaban J connectivity index is 1.48. The molecule has 6 heteroatoms. The van der Waals surface area contributed by atoms with E-state index >= 15 is 0 Å². The number of nitrogens with zero attached hydrogens (tertiary/aromatic N) is 1. The number of carbonyl (C=O) groups is 1. The number of likely N-dealkylation sites (tertiary alicyclic amines) is 1. The fraction of sp³-hybridized carbons (Fsp3) is 0.389. The summed E-state index contributed by atoms with van der Waals surface area (Å²) in [5.74, 6) is 0.212. The normalized spacial score (nSPS) is 26.9. The van der Waals surface area contributed by atoms with Crippen molar-refractivity contribution in [1.82, 2.24) is 15.8 Å². The first-order valence-corrected chi connectivity index (χ1v) is 10.00. The summed E-state index contributed by atoms with van der Waals surface area (Å²) < 4.78 is 1.07. The lowest BCUT2D eigenvalue weighted by Crippen LogP contribution is -2.45. The molecule has 2 saturated heterocycles. The van der Waals surface area contributed by atoms with Crippen molar-refractivity contribution < 1.29 is 4.79 Å². The topological polar surface area (TPSA) is 44.4 Å². The van der Waals surface area contributed by atoms with Crippen LogP contribution in [0.15, 0.2) is 46.3 Å². The van der Waals surface area contributed by atoms with E-state index in [4.69, 9.17) is 0 Å². The fourth-order valence-electron chi connectivity index (χ4n) is 3.69. The standard InChI is InChI=1S/C18H20BrN3OS/c19-13-5-1-4-12(10-13)16-6-2-8-22(16)18(23)15-11-14(20-21-15)17-7-3-9-24-17/h1,3-5,7,9-10,14-16,20-21H,2,6,8,11H2. The summed E-state index contributed by atoms with van der Waals surface area (Å²) in [6.45, 7) is 0.845. The zero-order chi connectivity index (χ0) is 16.5. The quantitative estimate of drug-likeness (QED) is 0.816. The largest absolute Gasteiger partial charge is 0.334 e. The summed E-state index contributed by atoms with van der Waals surface area (Å²) >= 11 is 5.27. The van der Waals surface area contributed by atoms with E-state index in [-0.39, 0.29) is 24.0 Å². The highest BCUT2D eigenvalue weighted by Gasteiger charge is 2.38. The van der Waals surface area contributed by atoms with Gasteiger partial charge >= 0.3 is 0 Å². The number of benzene rings is 1. The Morgan fingerprint density at radius 3 is 2.96 bits per heavy atom. The van der Waals surface area contributed by atoms with Crippen LogP contribution in [0, 0.1) is 0 Å². The molecule has 126 valence electrons. The number of hydrogen-bond donors (Lipinski definition) is 2. The Hall–Kier alpha value is -1.21. The average molecular weight is 406 g/mol. The van der Waals surface area contributed by atoms with Crippen LogP contribution in [-0.2, 0) is 4.79 Å². The summed E-state index contributed by atoms with van der Waals surface area (Å²) in [5.41, 5.74) is 7.71. The lowest BCUT2D eigenvalue weighted by atomic mass is 10.0. The highest BCUT2D eigenvalue weighted by Crippen LogP contribution is 2.35. The molecule has 2 aliphatic rings. The molecule has 1 aromatic heterocycles. The molecule has 0 radical (unpaired) electrons. The van der Waals surface area contributed by atoms with Crippen molar-refractivity contribution in [1.29, 1.82) is 0 Å². The Bertz CT molecular complexity index is 721. The van der Waals surface area contributed by atoms with Gasteiger partial charge in [-0.1, -0.05) is 34.1 Å². The summed E-state index contributed by atoms with van der Waals surface area (Å²) in [6.07, 6.45) is 2.91. The van der Waals surface area contributed by atoms with Crippen molar-refractivity contribution in [3.05, 3.63) is 56.7 Å². The Morgan fingerprint density at radius 2 is 2.17 bits per heavy atom. The molecule has 2 fully saturated rings. The molecular weight excluding hydrogens is 386 g/mol. The fourth-order valence-corrected chi connectivity index (χ4v) is 4.89. The third-order valence-electron chi connectivity index (χ3n) is 4.86. The van der Waals surface area contributed by atoms with Crippen molar-refractivity contribution in [2.75, 3.05) is 6.54 Å². The smallest absolute Gasteiger partial charge is 0.241 e. The SMILES string of the molecule is O=C(C1CC(c2cccs2)NN1)N1CCCC1c1cccc(Br)c1. The molecule has 0 aliphatic carbocycles. The highest BCUT2D eigenvalue weighted by molar-refractivity contribution is 9.10. The maximum atomic E-state index is 13.0. The molecule has 1 aromatic carbocycles. The van der Waals surface area contributed by atoms with Gasteiger partial charge in [-0.25, -0.2) is 10.9 Å².